The Morgan fingerprint density at radius 3 is 2.42 bits per heavy atom. The van der Waals surface area contributed by atoms with Crippen molar-refractivity contribution < 1.29 is 27.3 Å². The van der Waals surface area contributed by atoms with E-state index in [1.54, 1.807) is 19.9 Å². The van der Waals surface area contributed by atoms with Gasteiger partial charge in [-0.1, -0.05) is 5.16 Å². The minimum atomic E-state index is -3.56. The number of benzene rings is 1. The molecule has 2 aromatic rings. The van der Waals surface area contributed by atoms with E-state index >= 15 is 0 Å². The number of nitrogens with one attached hydrogen (secondary N) is 3. The van der Waals surface area contributed by atoms with Crippen LogP contribution in [-0.4, -0.2) is 59.7 Å². The number of anilines is 1. The van der Waals surface area contributed by atoms with Gasteiger partial charge in [0.15, 0.2) is 5.82 Å². The zero-order valence-corrected chi connectivity index (χ0v) is 19.8. The van der Waals surface area contributed by atoms with Gasteiger partial charge in [-0.15, -0.1) is 11.8 Å². The van der Waals surface area contributed by atoms with E-state index in [4.69, 9.17) is 4.52 Å². The fourth-order valence-corrected chi connectivity index (χ4v) is 5.22. The Kier molecular flexibility index (Phi) is 8.10. The Morgan fingerprint density at radius 2 is 1.82 bits per heavy atom. The number of carbonyl (C=O) groups is 3. The second kappa shape index (κ2) is 10.8. The van der Waals surface area contributed by atoms with Crippen molar-refractivity contribution in [3.05, 3.63) is 41.7 Å². The standard InChI is InChI=1S/C20H25N5O6S2/c1-13-11-17(24-31-13)21-19(27)14(2)32-12-18(26)22-23-20(28)15-5-7-16(8-6-15)33(29,30)25-9-3-4-10-25/h5-8,11,14H,3-4,9-10,12H2,1-2H3,(H,22,26)(H,23,28)(H,21,24,27). The predicted octanol–water partition coefficient (Wildman–Crippen LogP) is 1.29. The molecule has 2 heterocycles. The summed E-state index contributed by atoms with van der Waals surface area (Å²) in [6, 6.07) is 7.09. The quantitative estimate of drug-likeness (QED) is 0.464. The SMILES string of the molecule is Cc1cc(NC(=O)C(C)SCC(=O)NNC(=O)c2ccc(S(=O)(=O)N3CCCC3)cc2)no1. The van der Waals surface area contributed by atoms with Crippen LogP contribution in [0.1, 0.15) is 35.9 Å². The minimum absolute atomic E-state index is 0.0697. The van der Waals surface area contributed by atoms with Crippen molar-refractivity contribution in [3.8, 4) is 0 Å². The molecule has 1 saturated heterocycles. The molecule has 3 N–H and O–H groups in total. The van der Waals surface area contributed by atoms with Crippen LogP contribution in [0.15, 0.2) is 39.8 Å². The van der Waals surface area contributed by atoms with Crippen molar-refractivity contribution in [1.82, 2.24) is 20.3 Å². The highest BCUT2D eigenvalue weighted by atomic mass is 32.2. The van der Waals surface area contributed by atoms with Gasteiger partial charge in [-0.25, -0.2) is 8.42 Å². The summed E-state index contributed by atoms with van der Waals surface area (Å²) in [6.45, 7) is 4.32. The van der Waals surface area contributed by atoms with Crippen LogP contribution in [0.2, 0.25) is 0 Å². The first kappa shape index (κ1) is 24.7. The van der Waals surface area contributed by atoms with Crippen molar-refractivity contribution >= 4 is 45.3 Å². The van der Waals surface area contributed by atoms with E-state index in [1.807, 2.05) is 0 Å². The Hall–Kier alpha value is -2.90. The molecular formula is C20H25N5O6S2. The summed E-state index contributed by atoms with van der Waals surface area (Å²) >= 11 is 1.08. The van der Waals surface area contributed by atoms with Gasteiger partial charge in [-0.3, -0.25) is 25.2 Å². The third-order valence-electron chi connectivity index (χ3n) is 4.85. The number of thioether (sulfide) groups is 1. The van der Waals surface area contributed by atoms with Crippen LogP contribution in [0.3, 0.4) is 0 Å². The Morgan fingerprint density at radius 1 is 1.15 bits per heavy atom. The van der Waals surface area contributed by atoms with E-state index in [-0.39, 0.29) is 22.1 Å². The van der Waals surface area contributed by atoms with Gasteiger partial charge < -0.3 is 9.84 Å². The number of rotatable bonds is 8. The van der Waals surface area contributed by atoms with E-state index in [2.05, 4.69) is 21.3 Å². The Labute approximate surface area is 195 Å². The van der Waals surface area contributed by atoms with Gasteiger partial charge >= 0.3 is 0 Å². The molecule has 13 heteroatoms. The Bertz CT molecular complexity index is 1110. The first-order chi connectivity index (χ1) is 15.7. The molecule has 0 aliphatic carbocycles. The van der Waals surface area contributed by atoms with Gasteiger partial charge in [0.05, 0.1) is 15.9 Å². The maximum absolute atomic E-state index is 12.5. The molecule has 0 radical (unpaired) electrons. The molecule has 0 spiro atoms. The van der Waals surface area contributed by atoms with Crippen LogP contribution >= 0.6 is 11.8 Å². The van der Waals surface area contributed by atoms with E-state index in [9.17, 15) is 22.8 Å². The molecule has 3 rings (SSSR count). The first-order valence-electron chi connectivity index (χ1n) is 10.2. The van der Waals surface area contributed by atoms with Gasteiger partial charge in [0.2, 0.25) is 21.8 Å². The fourth-order valence-electron chi connectivity index (χ4n) is 3.02. The van der Waals surface area contributed by atoms with Gasteiger partial charge in [-0.05, 0) is 51.0 Å². The van der Waals surface area contributed by atoms with Gasteiger partial charge in [0, 0.05) is 24.7 Å². The molecule has 1 atom stereocenters. The van der Waals surface area contributed by atoms with Crippen LogP contribution < -0.4 is 16.2 Å². The molecule has 3 amide bonds. The van der Waals surface area contributed by atoms with Crippen molar-refractivity contribution in [2.75, 3.05) is 24.2 Å². The number of hydrogen-bond acceptors (Lipinski definition) is 8. The number of carbonyl (C=O) groups excluding carboxylic acids is 3. The average molecular weight is 496 g/mol. The highest BCUT2D eigenvalue weighted by molar-refractivity contribution is 8.01. The van der Waals surface area contributed by atoms with Gasteiger partial charge in [0.25, 0.3) is 5.91 Å². The second-order valence-corrected chi connectivity index (χ2v) is 10.7. The number of aryl methyl sites for hydroxylation is 1. The van der Waals surface area contributed by atoms with E-state index in [1.165, 1.54) is 28.6 Å². The number of hydrazine groups is 1. The van der Waals surface area contributed by atoms with Crippen LogP contribution in [-0.2, 0) is 19.6 Å². The number of amides is 3. The molecule has 33 heavy (non-hydrogen) atoms. The molecule has 0 bridgehead atoms. The Balaban J connectivity index is 1.43. The second-order valence-electron chi connectivity index (χ2n) is 7.40. The molecule has 0 saturated carbocycles. The van der Waals surface area contributed by atoms with Gasteiger partial charge in [-0.2, -0.15) is 4.31 Å². The molecule has 1 aromatic heterocycles. The molecule has 1 aromatic carbocycles. The maximum atomic E-state index is 12.5. The molecule has 1 aliphatic heterocycles. The zero-order chi connectivity index (χ0) is 24.0. The number of sulfonamides is 1. The summed E-state index contributed by atoms with van der Waals surface area (Å²) in [5.74, 6) is -0.650. The topological polar surface area (TPSA) is 151 Å². The van der Waals surface area contributed by atoms with Crippen LogP contribution in [0.25, 0.3) is 0 Å². The third kappa shape index (κ3) is 6.55. The lowest BCUT2D eigenvalue weighted by Crippen LogP contribution is -2.42. The van der Waals surface area contributed by atoms with E-state index < -0.39 is 27.1 Å². The summed E-state index contributed by atoms with van der Waals surface area (Å²) in [5, 5.41) is 5.70. The van der Waals surface area contributed by atoms with Crippen molar-refractivity contribution in [2.24, 2.45) is 0 Å². The lowest BCUT2D eigenvalue weighted by atomic mass is 10.2. The highest BCUT2D eigenvalue weighted by Crippen LogP contribution is 2.21. The number of hydrogen-bond donors (Lipinski definition) is 3. The molecule has 11 nitrogen and oxygen atoms in total. The summed E-state index contributed by atoms with van der Waals surface area (Å²) in [6.07, 6.45) is 1.67. The number of nitrogens with zero attached hydrogens (tertiary/aromatic N) is 2. The summed E-state index contributed by atoms with van der Waals surface area (Å²) in [4.78, 5) is 36.5. The van der Waals surface area contributed by atoms with Crippen molar-refractivity contribution in [1.29, 1.82) is 0 Å². The normalized spacial score (nSPS) is 15.1. The average Bonchev–Trinajstić information content (AvgIpc) is 3.48. The summed E-state index contributed by atoms with van der Waals surface area (Å²) in [7, 11) is -3.56. The van der Waals surface area contributed by atoms with Crippen molar-refractivity contribution in [3.63, 3.8) is 0 Å². The highest BCUT2D eigenvalue weighted by Gasteiger charge is 2.27. The van der Waals surface area contributed by atoms with Crippen LogP contribution in [0, 0.1) is 6.92 Å². The van der Waals surface area contributed by atoms with Crippen LogP contribution in [0.5, 0.6) is 0 Å². The van der Waals surface area contributed by atoms with E-state index in [0.29, 0.717) is 24.7 Å². The molecule has 1 unspecified atom stereocenters. The smallest absolute Gasteiger partial charge is 0.269 e. The first-order valence-corrected chi connectivity index (χ1v) is 12.7. The molecule has 178 valence electrons. The largest absolute Gasteiger partial charge is 0.360 e. The molecule has 1 aliphatic rings. The number of aromatic nitrogens is 1. The lowest BCUT2D eigenvalue weighted by Gasteiger charge is -2.15. The lowest BCUT2D eigenvalue weighted by molar-refractivity contribution is -0.119. The van der Waals surface area contributed by atoms with Crippen molar-refractivity contribution in [2.45, 2.75) is 36.8 Å². The third-order valence-corrected chi connectivity index (χ3v) is 7.90. The zero-order valence-electron chi connectivity index (χ0n) is 18.2. The molecule has 1 fully saturated rings. The summed E-state index contributed by atoms with van der Waals surface area (Å²) < 4.78 is 31.4. The predicted molar refractivity (Wildman–Crippen MR) is 122 cm³/mol. The van der Waals surface area contributed by atoms with Crippen LogP contribution in [0.4, 0.5) is 5.82 Å². The minimum Gasteiger partial charge on any atom is -0.360 e. The molecular weight excluding hydrogens is 470 g/mol. The summed E-state index contributed by atoms with van der Waals surface area (Å²) in [5.41, 5.74) is 4.74. The maximum Gasteiger partial charge on any atom is 0.269 e. The monoisotopic (exact) mass is 495 g/mol. The van der Waals surface area contributed by atoms with E-state index in [0.717, 1.165) is 24.6 Å². The van der Waals surface area contributed by atoms with Gasteiger partial charge in [0.1, 0.15) is 5.76 Å². The fraction of sp³-hybridized carbons (Fsp3) is 0.400.